The van der Waals surface area contributed by atoms with Gasteiger partial charge < -0.3 is 10.1 Å². The van der Waals surface area contributed by atoms with Gasteiger partial charge in [0, 0.05) is 18.2 Å². The minimum absolute atomic E-state index is 0.248. The fourth-order valence-corrected chi connectivity index (χ4v) is 1.68. The molecule has 0 saturated heterocycles. The van der Waals surface area contributed by atoms with Crippen LogP contribution in [0.2, 0.25) is 0 Å². The molecule has 1 aliphatic rings. The van der Waals surface area contributed by atoms with Crippen LogP contribution in [0.15, 0.2) is 18.2 Å². The monoisotopic (exact) mass is 293 g/mol. The standard InChI is InChI=1S/C13H15F4NO2/c14-10-1-4-12(19-5-6-20-13(15,16)17)9(7-10)8-18-11-2-3-11/h1,4,7,11,18H,2-3,5-6,8H2. The predicted octanol–water partition coefficient (Wildman–Crippen LogP) is 2.99. The van der Waals surface area contributed by atoms with Crippen molar-refractivity contribution in [3.8, 4) is 5.75 Å². The molecule has 1 N–H and O–H groups in total. The van der Waals surface area contributed by atoms with Gasteiger partial charge in [-0.2, -0.15) is 0 Å². The summed E-state index contributed by atoms with van der Waals surface area (Å²) >= 11 is 0. The van der Waals surface area contributed by atoms with Gasteiger partial charge in [0.05, 0.1) is 6.61 Å². The van der Waals surface area contributed by atoms with E-state index in [9.17, 15) is 17.6 Å². The summed E-state index contributed by atoms with van der Waals surface area (Å²) in [5.74, 6) is -0.0400. The van der Waals surface area contributed by atoms with Gasteiger partial charge >= 0.3 is 6.36 Å². The second-order valence-corrected chi connectivity index (χ2v) is 4.55. The molecule has 2 rings (SSSR count). The van der Waals surface area contributed by atoms with Crippen LogP contribution in [-0.4, -0.2) is 25.6 Å². The summed E-state index contributed by atoms with van der Waals surface area (Å²) in [5.41, 5.74) is 0.587. The maximum Gasteiger partial charge on any atom is 0.522 e. The molecule has 0 unspecified atom stereocenters. The van der Waals surface area contributed by atoms with Gasteiger partial charge in [-0.15, -0.1) is 13.2 Å². The minimum atomic E-state index is -4.66. The first-order chi connectivity index (χ1) is 9.44. The number of hydrogen-bond acceptors (Lipinski definition) is 3. The van der Waals surface area contributed by atoms with Crippen LogP contribution in [0.4, 0.5) is 17.6 Å². The third kappa shape index (κ3) is 5.34. The van der Waals surface area contributed by atoms with Gasteiger partial charge in [-0.25, -0.2) is 4.39 Å². The highest BCUT2D eigenvalue weighted by Gasteiger charge is 2.28. The number of benzene rings is 1. The first kappa shape index (κ1) is 15.1. The molecular weight excluding hydrogens is 278 g/mol. The van der Waals surface area contributed by atoms with Crippen molar-refractivity contribution in [3.05, 3.63) is 29.6 Å². The zero-order chi connectivity index (χ0) is 14.6. The maximum absolute atomic E-state index is 13.2. The zero-order valence-electron chi connectivity index (χ0n) is 10.7. The molecule has 0 bridgehead atoms. The van der Waals surface area contributed by atoms with E-state index in [1.54, 1.807) is 0 Å². The lowest BCUT2D eigenvalue weighted by Crippen LogP contribution is -2.19. The summed E-state index contributed by atoms with van der Waals surface area (Å²) in [6, 6.07) is 4.38. The predicted molar refractivity (Wildman–Crippen MR) is 63.8 cm³/mol. The molecule has 0 radical (unpaired) electrons. The van der Waals surface area contributed by atoms with E-state index in [0.29, 0.717) is 23.9 Å². The van der Waals surface area contributed by atoms with E-state index in [4.69, 9.17) is 4.74 Å². The normalized spacial score (nSPS) is 15.4. The van der Waals surface area contributed by atoms with Crippen LogP contribution >= 0.6 is 0 Å². The molecule has 1 saturated carbocycles. The van der Waals surface area contributed by atoms with Crippen LogP contribution in [-0.2, 0) is 11.3 Å². The Labute approximate surface area is 113 Å². The Morgan fingerprint density at radius 2 is 1.95 bits per heavy atom. The second-order valence-electron chi connectivity index (χ2n) is 4.55. The molecule has 0 spiro atoms. The number of alkyl halides is 3. The summed E-state index contributed by atoms with van der Waals surface area (Å²) < 4.78 is 57.4. The van der Waals surface area contributed by atoms with Crippen LogP contribution in [0.5, 0.6) is 5.75 Å². The van der Waals surface area contributed by atoms with Crippen molar-refractivity contribution in [2.45, 2.75) is 31.8 Å². The smallest absolute Gasteiger partial charge is 0.491 e. The third-order valence-corrected chi connectivity index (χ3v) is 2.79. The summed E-state index contributed by atoms with van der Waals surface area (Å²) in [7, 11) is 0. The molecular formula is C13H15F4NO2. The van der Waals surface area contributed by atoms with Gasteiger partial charge in [-0.1, -0.05) is 0 Å². The summed E-state index contributed by atoms with van der Waals surface area (Å²) in [6.07, 6.45) is -2.49. The zero-order valence-corrected chi connectivity index (χ0v) is 10.7. The third-order valence-electron chi connectivity index (χ3n) is 2.79. The van der Waals surface area contributed by atoms with Crippen LogP contribution in [0.25, 0.3) is 0 Å². The molecule has 1 aromatic carbocycles. The lowest BCUT2D eigenvalue weighted by Gasteiger charge is -2.13. The highest BCUT2D eigenvalue weighted by Crippen LogP contribution is 2.23. The van der Waals surface area contributed by atoms with E-state index in [2.05, 4.69) is 10.1 Å². The SMILES string of the molecule is Fc1ccc(OCCOC(F)(F)F)c(CNC2CC2)c1. The van der Waals surface area contributed by atoms with Crippen LogP contribution in [0, 0.1) is 5.82 Å². The van der Waals surface area contributed by atoms with Crippen molar-refractivity contribution >= 4 is 0 Å². The molecule has 7 heteroatoms. The fourth-order valence-electron chi connectivity index (χ4n) is 1.68. The summed E-state index contributed by atoms with van der Waals surface area (Å²) in [5, 5.41) is 3.20. The second kappa shape index (κ2) is 6.41. The largest absolute Gasteiger partial charge is 0.522 e. The Morgan fingerprint density at radius 1 is 1.20 bits per heavy atom. The minimum Gasteiger partial charge on any atom is -0.491 e. The molecule has 0 heterocycles. The van der Waals surface area contributed by atoms with Crippen molar-refractivity contribution in [1.29, 1.82) is 0 Å². The molecule has 0 aromatic heterocycles. The lowest BCUT2D eigenvalue weighted by molar-refractivity contribution is -0.325. The van der Waals surface area contributed by atoms with Crippen LogP contribution < -0.4 is 10.1 Å². The molecule has 112 valence electrons. The van der Waals surface area contributed by atoms with E-state index in [1.807, 2.05) is 0 Å². The van der Waals surface area contributed by atoms with Gasteiger partial charge in [0.1, 0.15) is 18.2 Å². The Hall–Kier alpha value is -1.34. The highest BCUT2D eigenvalue weighted by atomic mass is 19.4. The molecule has 3 nitrogen and oxygen atoms in total. The van der Waals surface area contributed by atoms with E-state index in [-0.39, 0.29) is 6.61 Å². The van der Waals surface area contributed by atoms with Crippen molar-refractivity contribution < 1.29 is 27.0 Å². The van der Waals surface area contributed by atoms with Crippen molar-refractivity contribution in [1.82, 2.24) is 5.32 Å². The molecule has 1 fully saturated rings. The lowest BCUT2D eigenvalue weighted by atomic mass is 10.2. The molecule has 20 heavy (non-hydrogen) atoms. The van der Waals surface area contributed by atoms with Gasteiger partial charge in [0.2, 0.25) is 0 Å². The van der Waals surface area contributed by atoms with Gasteiger partial charge in [0.15, 0.2) is 0 Å². The molecule has 0 amide bonds. The van der Waals surface area contributed by atoms with E-state index in [0.717, 1.165) is 12.8 Å². The summed E-state index contributed by atoms with van der Waals surface area (Å²) in [6.45, 7) is -0.421. The van der Waals surface area contributed by atoms with Crippen molar-refractivity contribution in [3.63, 3.8) is 0 Å². The average molecular weight is 293 g/mol. The number of hydrogen-bond donors (Lipinski definition) is 1. The van der Waals surface area contributed by atoms with Crippen LogP contribution in [0.1, 0.15) is 18.4 Å². The first-order valence-corrected chi connectivity index (χ1v) is 6.29. The van der Waals surface area contributed by atoms with Crippen LogP contribution in [0.3, 0.4) is 0 Å². The fraction of sp³-hybridized carbons (Fsp3) is 0.538. The Morgan fingerprint density at radius 3 is 2.60 bits per heavy atom. The van der Waals surface area contributed by atoms with Gasteiger partial charge in [-0.3, -0.25) is 4.74 Å². The van der Waals surface area contributed by atoms with Gasteiger partial charge in [-0.05, 0) is 31.0 Å². The van der Waals surface area contributed by atoms with Gasteiger partial charge in [0.25, 0.3) is 0 Å². The number of halogens is 4. The highest BCUT2D eigenvalue weighted by molar-refractivity contribution is 5.34. The maximum atomic E-state index is 13.2. The molecule has 1 aromatic rings. The van der Waals surface area contributed by atoms with Crippen molar-refractivity contribution in [2.24, 2.45) is 0 Å². The topological polar surface area (TPSA) is 30.5 Å². The average Bonchev–Trinajstić information content (AvgIpc) is 3.16. The summed E-state index contributed by atoms with van der Waals surface area (Å²) in [4.78, 5) is 0. The Bertz CT molecular complexity index is 446. The quantitative estimate of drug-likeness (QED) is 0.619. The molecule has 0 atom stereocenters. The van der Waals surface area contributed by atoms with E-state index in [1.165, 1.54) is 18.2 Å². The Kier molecular flexibility index (Phi) is 4.82. The number of ether oxygens (including phenoxy) is 2. The first-order valence-electron chi connectivity index (χ1n) is 6.29. The number of nitrogens with one attached hydrogen (secondary N) is 1. The van der Waals surface area contributed by atoms with E-state index >= 15 is 0 Å². The molecule has 1 aliphatic carbocycles. The molecule has 0 aliphatic heterocycles. The number of rotatable bonds is 7. The Balaban J connectivity index is 1.85. The van der Waals surface area contributed by atoms with Crippen molar-refractivity contribution in [2.75, 3.05) is 13.2 Å². The van der Waals surface area contributed by atoms with E-state index < -0.39 is 18.8 Å².